The third-order valence-electron chi connectivity index (χ3n) is 5.87. The van der Waals surface area contributed by atoms with Crippen LogP contribution in [0.1, 0.15) is 39.3 Å². The average molecular weight is 483 g/mol. The molecular weight excluding hydrogens is 462 g/mol. The molecule has 0 saturated carbocycles. The van der Waals surface area contributed by atoms with Crippen molar-refractivity contribution in [2.45, 2.75) is 25.5 Å². The van der Waals surface area contributed by atoms with Gasteiger partial charge in [-0.2, -0.15) is 0 Å². The Morgan fingerprint density at radius 1 is 1.27 bits per heavy atom. The number of aromatic nitrogens is 1. The fourth-order valence-electron chi connectivity index (χ4n) is 3.97. The molecule has 0 spiro atoms. The van der Waals surface area contributed by atoms with Crippen molar-refractivity contribution in [3.63, 3.8) is 0 Å². The summed E-state index contributed by atoms with van der Waals surface area (Å²) in [5.74, 6) is -4.33. The minimum absolute atomic E-state index is 0.0807. The van der Waals surface area contributed by atoms with E-state index in [0.29, 0.717) is 25.9 Å². The first kappa shape index (κ1) is 23.0. The van der Waals surface area contributed by atoms with Crippen molar-refractivity contribution in [3.8, 4) is 5.75 Å². The fourth-order valence-corrected chi connectivity index (χ4v) is 4.15. The van der Waals surface area contributed by atoms with Crippen molar-refractivity contribution in [2.75, 3.05) is 31.9 Å². The van der Waals surface area contributed by atoms with Crippen molar-refractivity contribution < 1.29 is 28.2 Å². The van der Waals surface area contributed by atoms with Gasteiger partial charge in [0.15, 0.2) is 11.4 Å². The highest BCUT2D eigenvalue weighted by Gasteiger charge is 2.35. The molecule has 2 bridgehead atoms. The summed E-state index contributed by atoms with van der Waals surface area (Å²) in [6.07, 6.45) is 2.30. The molecule has 2 aliphatic rings. The SMILES string of the molecule is COC1CCN2CN(CC1)n1cc(C(=O)NCc3c(F)ccc(Cl)c3F)c(=O)c(O)c1C2=O. The molecule has 2 aliphatic heterocycles. The van der Waals surface area contributed by atoms with Gasteiger partial charge in [-0.1, -0.05) is 11.6 Å². The molecule has 12 heteroatoms. The molecule has 1 aromatic carbocycles. The average Bonchev–Trinajstić information content (AvgIpc) is 2.78. The van der Waals surface area contributed by atoms with Crippen LogP contribution >= 0.6 is 11.6 Å². The second kappa shape index (κ2) is 8.99. The maximum Gasteiger partial charge on any atom is 0.277 e. The van der Waals surface area contributed by atoms with Crippen LogP contribution in [0.4, 0.5) is 8.78 Å². The lowest BCUT2D eigenvalue weighted by atomic mass is 10.1. The Morgan fingerprint density at radius 3 is 2.73 bits per heavy atom. The molecule has 1 aromatic heterocycles. The number of carbonyl (C=O) groups is 2. The Balaban J connectivity index is 1.66. The summed E-state index contributed by atoms with van der Waals surface area (Å²) in [5.41, 5.74) is -2.26. The second-order valence-corrected chi connectivity index (χ2v) is 8.20. The Morgan fingerprint density at radius 2 is 2.00 bits per heavy atom. The van der Waals surface area contributed by atoms with Gasteiger partial charge in [-0.05, 0) is 25.0 Å². The minimum Gasteiger partial charge on any atom is -0.502 e. The molecule has 176 valence electrons. The van der Waals surface area contributed by atoms with E-state index in [2.05, 4.69) is 5.32 Å². The molecule has 1 atom stereocenters. The van der Waals surface area contributed by atoms with Crippen LogP contribution in [0.2, 0.25) is 5.02 Å². The summed E-state index contributed by atoms with van der Waals surface area (Å²) >= 11 is 5.66. The Bertz CT molecular complexity index is 1190. The highest BCUT2D eigenvalue weighted by molar-refractivity contribution is 6.30. The number of hydrogen-bond acceptors (Lipinski definition) is 6. The summed E-state index contributed by atoms with van der Waals surface area (Å²) in [5, 5.41) is 14.2. The van der Waals surface area contributed by atoms with Gasteiger partial charge in [0.05, 0.1) is 11.1 Å². The Kier molecular flexibility index (Phi) is 6.26. The summed E-state index contributed by atoms with van der Waals surface area (Å²) in [7, 11) is 1.58. The highest BCUT2D eigenvalue weighted by atomic mass is 35.5. The van der Waals surface area contributed by atoms with Crippen LogP contribution < -0.4 is 15.8 Å². The molecule has 1 saturated heterocycles. The maximum atomic E-state index is 14.1. The van der Waals surface area contributed by atoms with Crippen LogP contribution in [0.25, 0.3) is 0 Å². The van der Waals surface area contributed by atoms with Gasteiger partial charge in [0.1, 0.15) is 23.9 Å². The summed E-state index contributed by atoms with van der Waals surface area (Å²) in [6, 6.07) is 2.00. The molecule has 1 fully saturated rings. The fraction of sp³-hybridized carbons (Fsp3) is 0.381. The number of hydrogen-bond donors (Lipinski definition) is 2. The van der Waals surface area contributed by atoms with Crippen LogP contribution in [0.15, 0.2) is 23.1 Å². The number of benzene rings is 1. The van der Waals surface area contributed by atoms with Gasteiger partial charge in [0.25, 0.3) is 11.8 Å². The number of methoxy groups -OCH3 is 1. The van der Waals surface area contributed by atoms with E-state index in [1.165, 1.54) is 9.58 Å². The molecule has 0 radical (unpaired) electrons. The monoisotopic (exact) mass is 482 g/mol. The third kappa shape index (κ3) is 4.13. The van der Waals surface area contributed by atoms with Crippen LogP contribution in [-0.4, -0.2) is 59.5 Å². The molecule has 0 aliphatic carbocycles. The van der Waals surface area contributed by atoms with E-state index < -0.39 is 52.3 Å². The zero-order chi connectivity index (χ0) is 23.9. The van der Waals surface area contributed by atoms with Crippen molar-refractivity contribution in [1.29, 1.82) is 0 Å². The summed E-state index contributed by atoms with van der Waals surface area (Å²) in [6.45, 7) is 0.424. The first-order valence-electron chi connectivity index (χ1n) is 10.2. The van der Waals surface area contributed by atoms with Crippen LogP contribution in [0, 0.1) is 11.6 Å². The number of fused-ring (bicyclic) bond motifs is 4. The van der Waals surface area contributed by atoms with E-state index in [-0.39, 0.29) is 23.5 Å². The lowest BCUT2D eigenvalue weighted by molar-refractivity contribution is 0.0473. The van der Waals surface area contributed by atoms with Crippen molar-refractivity contribution in [1.82, 2.24) is 14.9 Å². The molecule has 2 amide bonds. The van der Waals surface area contributed by atoms with E-state index in [9.17, 15) is 28.3 Å². The zero-order valence-corrected chi connectivity index (χ0v) is 18.4. The molecular formula is C21H21ClF2N4O5. The molecule has 4 rings (SSSR count). The highest BCUT2D eigenvalue weighted by Crippen LogP contribution is 2.24. The van der Waals surface area contributed by atoms with Gasteiger partial charge < -0.3 is 20.1 Å². The van der Waals surface area contributed by atoms with Crippen molar-refractivity contribution in [2.24, 2.45) is 0 Å². The number of ether oxygens (including phenoxy) is 1. The molecule has 2 aromatic rings. The zero-order valence-electron chi connectivity index (χ0n) is 17.6. The number of aromatic hydroxyl groups is 1. The van der Waals surface area contributed by atoms with Gasteiger partial charge >= 0.3 is 0 Å². The Hall–Kier alpha value is -3.18. The van der Waals surface area contributed by atoms with Gasteiger partial charge in [0, 0.05) is 38.5 Å². The van der Waals surface area contributed by atoms with Crippen LogP contribution in [0.5, 0.6) is 5.75 Å². The minimum atomic E-state index is -1.06. The predicted molar refractivity (Wildman–Crippen MR) is 114 cm³/mol. The number of carbonyl (C=O) groups excluding carboxylic acids is 2. The van der Waals surface area contributed by atoms with E-state index in [1.807, 2.05) is 0 Å². The largest absolute Gasteiger partial charge is 0.502 e. The quantitative estimate of drug-likeness (QED) is 0.641. The third-order valence-corrected chi connectivity index (χ3v) is 6.16. The second-order valence-electron chi connectivity index (χ2n) is 7.79. The summed E-state index contributed by atoms with van der Waals surface area (Å²) < 4.78 is 34.8. The molecule has 9 nitrogen and oxygen atoms in total. The normalized spacial score (nSPS) is 17.9. The maximum absolute atomic E-state index is 14.1. The number of amides is 2. The number of nitrogens with one attached hydrogen (secondary N) is 1. The number of pyridine rings is 1. The van der Waals surface area contributed by atoms with E-state index in [0.717, 1.165) is 18.3 Å². The van der Waals surface area contributed by atoms with E-state index in [4.69, 9.17) is 16.3 Å². The van der Waals surface area contributed by atoms with E-state index >= 15 is 0 Å². The van der Waals surface area contributed by atoms with Crippen LogP contribution in [0.3, 0.4) is 0 Å². The van der Waals surface area contributed by atoms with Gasteiger partial charge in [-0.3, -0.25) is 24.1 Å². The lowest BCUT2D eigenvalue weighted by Crippen LogP contribution is -2.56. The summed E-state index contributed by atoms with van der Waals surface area (Å²) in [4.78, 5) is 39.8. The predicted octanol–water partition coefficient (Wildman–Crippen LogP) is 1.58. The standard InChI is InChI=1S/C21H21ClF2N4O5/c1-33-11-4-6-26-10-27(7-5-11)28-9-13(18(29)19(30)17(28)21(26)32)20(31)25-8-12-15(23)3-2-14(22)16(12)24/h2-3,9,11,30H,4-8,10H2,1H3,(H,25,31). The lowest BCUT2D eigenvalue weighted by Gasteiger charge is -2.42. The van der Waals surface area contributed by atoms with Gasteiger partial charge in [0.2, 0.25) is 5.43 Å². The smallest absolute Gasteiger partial charge is 0.277 e. The number of nitrogens with zero attached hydrogens (tertiary/aromatic N) is 3. The number of halogens is 3. The van der Waals surface area contributed by atoms with Crippen molar-refractivity contribution in [3.05, 3.63) is 62.0 Å². The first-order valence-corrected chi connectivity index (χ1v) is 10.6. The molecule has 33 heavy (non-hydrogen) atoms. The van der Waals surface area contributed by atoms with Gasteiger partial charge in [-0.25, -0.2) is 8.78 Å². The topological polar surface area (TPSA) is 104 Å². The first-order chi connectivity index (χ1) is 15.7. The number of rotatable bonds is 4. The Labute approximate surface area is 192 Å². The molecule has 1 unspecified atom stereocenters. The van der Waals surface area contributed by atoms with Crippen molar-refractivity contribution >= 4 is 23.4 Å². The molecule has 2 N–H and O–H groups in total. The van der Waals surface area contributed by atoms with E-state index in [1.54, 1.807) is 12.1 Å². The molecule has 3 heterocycles. The van der Waals surface area contributed by atoms with Gasteiger partial charge in [-0.15, -0.1) is 0 Å². The van der Waals surface area contributed by atoms with Crippen LogP contribution in [-0.2, 0) is 11.3 Å².